The van der Waals surface area contributed by atoms with Gasteiger partial charge in [0.15, 0.2) is 5.82 Å². The third kappa shape index (κ3) is 1.84. The summed E-state index contributed by atoms with van der Waals surface area (Å²) in [6.07, 6.45) is 6.92. The minimum Gasteiger partial charge on any atom is -0.384 e. The van der Waals surface area contributed by atoms with Crippen molar-refractivity contribution in [1.29, 1.82) is 0 Å². The predicted octanol–water partition coefficient (Wildman–Crippen LogP) is 1.44. The molecule has 1 unspecified atom stereocenters. The number of benzene rings is 1. The Morgan fingerprint density at radius 2 is 1.83 bits per heavy atom. The molecule has 0 bridgehead atoms. The van der Waals surface area contributed by atoms with Crippen LogP contribution in [-0.4, -0.2) is 25.3 Å². The normalized spacial score (nSPS) is 16.3. The molecule has 0 amide bonds. The van der Waals surface area contributed by atoms with Gasteiger partial charge in [-0.2, -0.15) is 4.68 Å². The van der Waals surface area contributed by atoms with E-state index < -0.39 is 6.10 Å². The van der Waals surface area contributed by atoms with E-state index in [2.05, 4.69) is 15.5 Å². The Bertz CT molecular complexity index is 576. The minimum atomic E-state index is -0.741. The Kier molecular flexibility index (Phi) is 2.74. The highest BCUT2D eigenvalue weighted by molar-refractivity contribution is 5.31. The van der Waals surface area contributed by atoms with Crippen molar-refractivity contribution >= 4 is 0 Å². The maximum atomic E-state index is 10.3. The van der Waals surface area contributed by atoms with Crippen molar-refractivity contribution in [2.75, 3.05) is 0 Å². The second-order valence-corrected chi connectivity index (χ2v) is 4.08. The maximum absolute atomic E-state index is 10.3. The topological polar surface area (TPSA) is 63.8 Å². The molecule has 1 aliphatic rings. The van der Waals surface area contributed by atoms with Crippen LogP contribution >= 0.6 is 0 Å². The molecule has 1 atom stereocenters. The van der Waals surface area contributed by atoms with Crippen LogP contribution in [0.5, 0.6) is 0 Å². The van der Waals surface area contributed by atoms with E-state index >= 15 is 0 Å². The molecule has 1 aliphatic carbocycles. The van der Waals surface area contributed by atoms with Crippen LogP contribution in [0.4, 0.5) is 0 Å². The molecule has 1 N–H and O–H groups in total. The fourth-order valence-corrected chi connectivity index (χ4v) is 1.96. The zero-order valence-corrected chi connectivity index (χ0v) is 9.59. The molecule has 90 valence electrons. The maximum Gasteiger partial charge on any atom is 0.186 e. The summed E-state index contributed by atoms with van der Waals surface area (Å²) >= 11 is 0. The van der Waals surface area contributed by atoms with Crippen molar-refractivity contribution in [1.82, 2.24) is 20.2 Å². The first-order valence-corrected chi connectivity index (χ1v) is 5.73. The van der Waals surface area contributed by atoms with Crippen LogP contribution in [0.1, 0.15) is 11.9 Å². The standard InChI is InChI=1S/C13H12N4O/c18-12(10-6-4-5-7-10)13-14-15-16-17(13)11-8-2-1-3-9-11/h1-10,12,18H. The molecule has 1 aromatic heterocycles. The summed E-state index contributed by atoms with van der Waals surface area (Å²) in [7, 11) is 0. The number of nitrogens with zero attached hydrogens (tertiary/aromatic N) is 4. The molecule has 3 rings (SSSR count). The van der Waals surface area contributed by atoms with Gasteiger partial charge in [-0.1, -0.05) is 42.5 Å². The molecule has 18 heavy (non-hydrogen) atoms. The van der Waals surface area contributed by atoms with Crippen LogP contribution in [0.15, 0.2) is 54.6 Å². The van der Waals surface area contributed by atoms with Crippen LogP contribution in [0, 0.1) is 5.92 Å². The predicted molar refractivity (Wildman–Crippen MR) is 65.9 cm³/mol. The summed E-state index contributed by atoms with van der Waals surface area (Å²) in [5, 5.41) is 21.8. The van der Waals surface area contributed by atoms with Gasteiger partial charge in [0.25, 0.3) is 0 Å². The first-order chi connectivity index (χ1) is 8.86. The van der Waals surface area contributed by atoms with Crippen molar-refractivity contribution in [2.24, 2.45) is 5.92 Å². The average molecular weight is 240 g/mol. The second kappa shape index (κ2) is 4.54. The van der Waals surface area contributed by atoms with E-state index in [9.17, 15) is 5.11 Å². The highest BCUT2D eigenvalue weighted by Crippen LogP contribution is 2.26. The van der Waals surface area contributed by atoms with Gasteiger partial charge in [0.05, 0.1) is 5.69 Å². The van der Waals surface area contributed by atoms with Crippen molar-refractivity contribution in [2.45, 2.75) is 6.10 Å². The van der Waals surface area contributed by atoms with Gasteiger partial charge in [0.2, 0.25) is 0 Å². The quantitative estimate of drug-likeness (QED) is 0.881. The Balaban J connectivity index is 1.97. The highest BCUT2D eigenvalue weighted by atomic mass is 16.3. The molecule has 5 nitrogen and oxygen atoms in total. The molecule has 0 saturated carbocycles. The van der Waals surface area contributed by atoms with Gasteiger partial charge in [-0.3, -0.25) is 0 Å². The van der Waals surface area contributed by atoms with E-state index in [-0.39, 0.29) is 5.92 Å². The van der Waals surface area contributed by atoms with Crippen molar-refractivity contribution in [3.63, 3.8) is 0 Å². The summed E-state index contributed by atoms with van der Waals surface area (Å²) in [5.74, 6) is 0.376. The molecular formula is C13H12N4O. The largest absolute Gasteiger partial charge is 0.384 e. The van der Waals surface area contributed by atoms with Gasteiger partial charge >= 0.3 is 0 Å². The van der Waals surface area contributed by atoms with E-state index in [1.807, 2.05) is 54.6 Å². The summed E-state index contributed by atoms with van der Waals surface area (Å²) in [4.78, 5) is 0. The van der Waals surface area contributed by atoms with Crippen LogP contribution in [-0.2, 0) is 0 Å². The zero-order chi connectivity index (χ0) is 12.4. The Hall–Kier alpha value is -2.27. The molecule has 1 heterocycles. The smallest absolute Gasteiger partial charge is 0.186 e. The molecule has 1 aromatic carbocycles. The molecule has 0 aliphatic heterocycles. The lowest BCUT2D eigenvalue weighted by Gasteiger charge is -2.14. The molecule has 5 heteroatoms. The molecule has 2 aromatic rings. The van der Waals surface area contributed by atoms with Crippen LogP contribution < -0.4 is 0 Å². The number of aliphatic hydroxyl groups excluding tert-OH is 1. The molecule has 0 radical (unpaired) electrons. The van der Waals surface area contributed by atoms with Gasteiger partial charge in [-0.15, -0.1) is 5.10 Å². The average Bonchev–Trinajstić information content (AvgIpc) is 3.10. The molecule has 0 fully saturated rings. The van der Waals surface area contributed by atoms with Crippen LogP contribution in [0.25, 0.3) is 5.69 Å². The third-order valence-corrected chi connectivity index (χ3v) is 2.90. The van der Waals surface area contributed by atoms with E-state index in [4.69, 9.17) is 0 Å². The van der Waals surface area contributed by atoms with Gasteiger partial charge in [0.1, 0.15) is 6.10 Å². The van der Waals surface area contributed by atoms with Crippen LogP contribution in [0.3, 0.4) is 0 Å². The summed E-state index contributed by atoms with van der Waals surface area (Å²) in [6, 6.07) is 9.53. The van der Waals surface area contributed by atoms with Gasteiger partial charge < -0.3 is 5.11 Å². The first kappa shape index (κ1) is 10.9. The number of aliphatic hydroxyl groups is 1. The van der Waals surface area contributed by atoms with Gasteiger partial charge in [-0.05, 0) is 22.6 Å². The Labute approximate surface area is 104 Å². The number of hydrogen-bond acceptors (Lipinski definition) is 4. The number of rotatable bonds is 3. The van der Waals surface area contributed by atoms with E-state index in [0.29, 0.717) is 5.82 Å². The molecule has 0 spiro atoms. The zero-order valence-electron chi connectivity index (χ0n) is 9.59. The summed E-state index contributed by atoms with van der Waals surface area (Å²) < 4.78 is 1.56. The Morgan fingerprint density at radius 3 is 2.56 bits per heavy atom. The number of para-hydroxylation sites is 1. The fraction of sp³-hybridized carbons (Fsp3) is 0.154. The fourth-order valence-electron chi connectivity index (χ4n) is 1.96. The molecule has 0 saturated heterocycles. The lowest BCUT2D eigenvalue weighted by Crippen LogP contribution is -2.14. The summed E-state index contributed by atoms with van der Waals surface area (Å²) in [5.41, 5.74) is 0.836. The van der Waals surface area contributed by atoms with Crippen molar-refractivity contribution in [3.8, 4) is 5.69 Å². The minimum absolute atomic E-state index is 0.0709. The number of aromatic nitrogens is 4. The Morgan fingerprint density at radius 1 is 1.11 bits per heavy atom. The van der Waals surface area contributed by atoms with Crippen molar-refractivity contribution in [3.05, 3.63) is 60.5 Å². The number of tetrazole rings is 1. The monoisotopic (exact) mass is 240 g/mol. The van der Waals surface area contributed by atoms with Crippen LogP contribution in [0.2, 0.25) is 0 Å². The SMILES string of the molecule is OC(c1nnnn1-c1ccccc1)C1C=CC=C1. The second-order valence-electron chi connectivity index (χ2n) is 4.08. The van der Waals surface area contributed by atoms with E-state index in [1.54, 1.807) is 4.68 Å². The third-order valence-electron chi connectivity index (χ3n) is 2.90. The van der Waals surface area contributed by atoms with E-state index in [0.717, 1.165) is 5.69 Å². The lowest BCUT2D eigenvalue weighted by atomic mass is 10.0. The van der Waals surface area contributed by atoms with Gasteiger partial charge in [-0.25, -0.2) is 0 Å². The first-order valence-electron chi connectivity index (χ1n) is 5.73. The van der Waals surface area contributed by atoms with Gasteiger partial charge in [0, 0.05) is 5.92 Å². The number of hydrogen-bond donors (Lipinski definition) is 1. The molecular weight excluding hydrogens is 228 g/mol. The highest BCUT2D eigenvalue weighted by Gasteiger charge is 2.24. The summed E-state index contributed by atoms with van der Waals surface area (Å²) in [6.45, 7) is 0. The van der Waals surface area contributed by atoms with E-state index in [1.165, 1.54) is 0 Å². The lowest BCUT2D eigenvalue weighted by molar-refractivity contribution is 0.139. The number of allylic oxidation sites excluding steroid dienone is 2. The van der Waals surface area contributed by atoms with Crippen molar-refractivity contribution < 1.29 is 5.11 Å².